The van der Waals surface area contributed by atoms with E-state index in [4.69, 9.17) is 9.26 Å². The van der Waals surface area contributed by atoms with Gasteiger partial charge in [0.2, 0.25) is 17.6 Å². The minimum absolute atomic E-state index is 0.263. The second-order valence-electron chi connectivity index (χ2n) is 7.39. The van der Waals surface area contributed by atoms with Crippen molar-refractivity contribution >= 4 is 5.91 Å². The Balaban J connectivity index is 1.26. The van der Waals surface area contributed by atoms with Crippen LogP contribution in [0.25, 0.3) is 11.4 Å². The van der Waals surface area contributed by atoms with E-state index >= 15 is 0 Å². The summed E-state index contributed by atoms with van der Waals surface area (Å²) in [5.74, 6) is 2.23. The molecule has 8 nitrogen and oxygen atoms in total. The maximum Gasteiger partial charge on any atom is 0.241 e. The highest BCUT2D eigenvalue weighted by molar-refractivity contribution is 5.77. The Hall–Kier alpha value is -2.45. The van der Waals surface area contributed by atoms with E-state index < -0.39 is 0 Å². The predicted octanol–water partition coefficient (Wildman–Crippen LogP) is 1.53. The lowest BCUT2D eigenvalue weighted by Gasteiger charge is -2.34. The van der Waals surface area contributed by atoms with Gasteiger partial charge in [0, 0.05) is 44.2 Å². The number of carbonyl (C=O) groups is 1. The molecule has 2 saturated heterocycles. The van der Waals surface area contributed by atoms with Crippen molar-refractivity contribution in [1.29, 1.82) is 0 Å². The minimum Gasteiger partial charge on any atom is -0.497 e. The molecule has 2 aliphatic rings. The summed E-state index contributed by atoms with van der Waals surface area (Å²) in [6.07, 6.45) is 2.91. The van der Waals surface area contributed by atoms with Gasteiger partial charge in [0.15, 0.2) is 0 Å². The Morgan fingerprint density at radius 2 is 2.04 bits per heavy atom. The molecule has 0 bridgehead atoms. The molecule has 1 atom stereocenters. The molecule has 8 heteroatoms. The average molecular weight is 385 g/mol. The zero-order valence-corrected chi connectivity index (χ0v) is 16.3. The number of amides is 1. The van der Waals surface area contributed by atoms with E-state index in [1.165, 1.54) is 6.42 Å². The Morgan fingerprint density at radius 1 is 1.25 bits per heavy atom. The monoisotopic (exact) mass is 385 g/mol. The van der Waals surface area contributed by atoms with Crippen molar-refractivity contribution in [2.45, 2.75) is 31.8 Å². The minimum atomic E-state index is 0.263. The lowest BCUT2D eigenvalue weighted by molar-refractivity contribution is -0.133. The SMILES string of the molecule is COc1ccc(-c2noc(CN3CCN(C(=O)CC4CCCN4)CC3)n2)cc1. The summed E-state index contributed by atoms with van der Waals surface area (Å²) in [6, 6.07) is 7.94. The van der Waals surface area contributed by atoms with Crippen molar-refractivity contribution in [2.75, 3.05) is 39.8 Å². The molecule has 1 N–H and O–H groups in total. The number of ether oxygens (including phenoxy) is 1. The molecule has 0 radical (unpaired) electrons. The lowest BCUT2D eigenvalue weighted by atomic mass is 10.1. The Morgan fingerprint density at radius 3 is 2.71 bits per heavy atom. The molecule has 2 aromatic rings. The number of rotatable bonds is 6. The van der Waals surface area contributed by atoms with Crippen molar-refractivity contribution in [2.24, 2.45) is 0 Å². The zero-order chi connectivity index (χ0) is 19.3. The van der Waals surface area contributed by atoms with Gasteiger partial charge in [-0.3, -0.25) is 9.69 Å². The molecule has 150 valence electrons. The number of carbonyl (C=O) groups excluding carboxylic acids is 1. The highest BCUT2D eigenvalue weighted by Crippen LogP contribution is 2.20. The van der Waals surface area contributed by atoms with Gasteiger partial charge in [-0.25, -0.2) is 0 Å². The largest absolute Gasteiger partial charge is 0.497 e. The summed E-state index contributed by atoms with van der Waals surface area (Å²) >= 11 is 0. The summed E-state index contributed by atoms with van der Waals surface area (Å²) in [4.78, 5) is 21.2. The van der Waals surface area contributed by atoms with Crippen LogP contribution in [-0.4, -0.2) is 71.7 Å². The molecule has 1 aromatic carbocycles. The highest BCUT2D eigenvalue weighted by Gasteiger charge is 2.25. The number of methoxy groups -OCH3 is 1. The van der Waals surface area contributed by atoms with Crippen LogP contribution >= 0.6 is 0 Å². The Labute approximate surface area is 164 Å². The number of hydrogen-bond donors (Lipinski definition) is 1. The first kappa shape index (κ1) is 18.9. The normalized spacial score (nSPS) is 20.5. The summed E-state index contributed by atoms with van der Waals surface area (Å²) in [5, 5.41) is 7.48. The van der Waals surface area contributed by atoms with Gasteiger partial charge in [-0.15, -0.1) is 0 Å². The van der Waals surface area contributed by atoms with E-state index in [0.29, 0.717) is 30.7 Å². The number of nitrogens with zero attached hydrogens (tertiary/aromatic N) is 4. The molecular weight excluding hydrogens is 358 g/mol. The average Bonchev–Trinajstić information content (AvgIpc) is 3.41. The van der Waals surface area contributed by atoms with Crippen LogP contribution in [-0.2, 0) is 11.3 Å². The van der Waals surface area contributed by atoms with Gasteiger partial charge in [-0.1, -0.05) is 5.16 Å². The van der Waals surface area contributed by atoms with Crippen molar-refractivity contribution in [3.05, 3.63) is 30.2 Å². The van der Waals surface area contributed by atoms with Crippen molar-refractivity contribution in [1.82, 2.24) is 25.3 Å². The molecule has 0 aliphatic carbocycles. The molecule has 1 unspecified atom stereocenters. The van der Waals surface area contributed by atoms with E-state index in [9.17, 15) is 4.79 Å². The molecule has 1 aromatic heterocycles. The molecule has 0 spiro atoms. The first-order chi connectivity index (χ1) is 13.7. The quantitative estimate of drug-likeness (QED) is 0.807. The van der Waals surface area contributed by atoms with Gasteiger partial charge < -0.3 is 19.5 Å². The van der Waals surface area contributed by atoms with Crippen LogP contribution in [0.1, 0.15) is 25.2 Å². The van der Waals surface area contributed by atoms with E-state index in [1.807, 2.05) is 29.2 Å². The second-order valence-corrected chi connectivity index (χ2v) is 7.39. The van der Waals surface area contributed by atoms with E-state index in [2.05, 4.69) is 20.4 Å². The van der Waals surface area contributed by atoms with Crippen LogP contribution < -0.4 is 10.1 Å². The standard InChI is InChI=1S/C20H27N5O3/c1-27-17-6-4-15(5-7-17)20-22-18(28-23-20)14-24-9-11-25(12-10-24)19(26)13-16-3-2-8-21-16/h4-7,16,21H,2-3,8-14H2,1H3. The third kappa shape index (κ3) is 4.51. The van der Waals surface area contributed by atoms with E-state index in [1.54, 1.807) is 7.11 Å². The van der Waals surface area contributed by atoms with Gasteiger partial charge in [-0.2, -0.15) is 4.98 Å². The fourth-order valence-electron chi connectivity index (χ4n) is 3.79. The lowest BCUT2D eigenvalue weighted by Crippen LogP contribution is -2.49. The fourth-order valence-corrected chi connectivity index (χ4v) is 3.79. The van der Waals surface area contributed by atoms with Gasteiger partial charge >= 0.3 is 0 Å². The first-order valence-electron chi connectivity index (χ1n) is 9.92. The number of nitrogens with one attached hydrogen (secondary N) is 1. The molecule has 0 saturated carbocycles. The Bertz CT molecular complexity index is 777. The number of piperazine rings is 1. The van der Waals surface area contributed by atoms with Gasteiger partial charge in [0.05, 0.1) is 13.7 Å². The molecule has 4 rings (SSSR count). The van der Waals surface area contributed by atoms with Crippen LogP contribution in [0.15, 0.2) is 28.8 Å². The van der Waals surface area contributed by atoms with Crippen LogP contribution in [0.3, 0.4) is 0 Å². The Kier molecular flexibility index (Phi) is 5.87. The smallest absolute Gasteiger partial charge is 0.241 e. The molecule has 2 fully saturated rings. The molecule has 2 aliphatic heterocycles. The third-order valence-corrected chi connectivity index (χ3v) is 5.48. The fraction of sp³-hybridized carbons (Fsp3) is 0.550. The number of aromatic nitrogens is 2. The van der Waals surface area contributed by atoms with Gasteiger partial charge in [0.1, 0.15) is 5.75 Å². The van der Waals surface area contributed by atoms with Crippen molar-refractivity contribution < 1.29 is 14.1 Å². The van der Waals surface area contributed by atoms with Crippen molar-refractivity contribution in [3.8, 4) is 17.1 Å². The van der Waals surface area contributed by atoms with Gasteiger partial charge in [0.25, 0.3) is 0 Å². The van der Waals surface area contributed by atoms with Crippen LogP contribution in [0.2, 0.25) is 0 Å². The third-order valence-electron chi connectivity index (χ3n) is 5.48. The number of hydrogen-bond acceptors (Lipinski definition) is 7. The van der Waals surface area contributed by atoms with E-state index in [0.717, 1.165) is 50.5 Å². The molecule has 3 heterocycles. The second kappa shape index (κ2) is 8.70. The summed E-state index contributed by atoms with van der Waals surface area (Å²) in [6.45, 7) is 4.80. The van der Waals surface area contributed by atoms with Crippen molar-refractivity contribution in [3.63, 3.8) is 0 Å². The number of benzene rings is 1. The molecule has 28 heavy (non-hydrogen) atoms. The van der Waals surface area contributed by atoms with E-state index in [-0.39, 0.29) is 5.91 Å². The van der Waals surface area contributed by atoms with Crippen LogP contribution in [0.4, 0.5) is 0 Å². The zero-order valence-electron chi connectivity index (χ0n) is 16.3. The van der Waals surface area contributed by atoms with Gasteiger partial charge in [-0.05, 0) is 43.7 Å². The topological polar surface area (TPSA) is 83.7 Å². The highest BCUT2D eigenvalue weighted by atomic mass is 16.5. The summed E-state index contributed by atoms with van der Waals surface area (Å²) < 4.78 is 10.6. The maximum atomic E-state index is 12.4. The molecule has 1 amide bonds. The van der Waals surface area contributed by atoms with Crippen LogP contribution in [0, 0.1) is 0 Å². The summed E-state index contributed by atoms with van der Waals surface area (Å²) in [7, 11) is 1.64. The summed E-state index contributed by atoms with van der Waals surface area (Å²) in [5.41, 5.74) is 0.895. The van der Waals surface area contributed by atoms with Crippen LogP contribution in [0.5, 0.6) is 5.75 Å². The maximum absolute atomic E-state index is 12.4. The first-order valence-corrected chi connectivity index (χ1v) is 9.92. The predicted molar refractivity (Wildman–Crippen MR) is 104 cm³/mol. The molecular formula is C20H27N5O3.